The maximum absolute atomic E-state index is 12.2. The van der Waals surface area contributed by atoms with E-state index in [0.29, 0.717) is 30.5 Å². The zero-order chi connectivity index (χ0) is 22.9. The van der Waals surface area contributed by atoms with Crippen molar-refractivity contribution in [1.82, 2.24) is 24.6 Å². The van der Waals surface area contributed by atoms with Crippen molar-refractivity contribution in [3.63, 3.8) is 0 Å². The highest BCUT2D eigenvalue weighted by Gasteiger charge is 2.29. The van der Waals surface area contributed by atoms with Crippen molar-refractivity contribution in [3.8, 4) is 11.4 Å². The Balaban J connectivity index is 1.37. The van der Waals surface area contributed by atoms with Gasteiger partial charge in [-0.3, -0.25) is 14.9 Å². The summed E-state index contributed by atoms with van der Waals surface area (Å²) in [5, 5.41) is 9.68. The molecule has 2 N–H and O–H groups in total. The predicted molar refractivity (Wildman–Crippen MR) is 126 cm³/mol. The number of aromatic nitrogens is 4. The third-order valence-electron chi connectivity index (χ3n) is 5.91. The lowest BCUT2D eigenvalue weighted by Crippen LogP contribution is -2.44. The molecule has 3 aromatic rings. The van der Waals surface area contributed by atoms with Gasteiger partial charge in [0.1, 0.15) is 5.82 Å². The average Bonchev–Trinajstić information content (AvgIpc) is 3.38. The number of ether oxygens (including phenoxy) is 1. The fraction of sp³-hybridized carbons (Fsp3) is 0.391. The van der Waals surface area contributed by atoms with Gasteiger partial charge >= 0.3 is 6.03 Å². The smallest absolute Gasteiger partial charge is 0.324 e. The van der Waals surface area contributed by atoms with Gasteiger partial charge in [0.2, 0.25) is 0 Å². The van der Waals surface area contributed by atoms with E-state index in [4.69, 9.17) is 14.7 Å². The largest absolute Gasteiger partial charge is 0.377 e. The number of carbonyl (C=O) groups excluding carboxylic acids is 1. The summed E-state index contributed by atoms with van der Waals surface area (Å²) in [6, 6.07) is 9.23. The third-order valence-corrected chi connectivity index (χ3v) is 5.91. The van der Waals surface area contributed by atoms with Crippen LogP contribution in [0.2, 0.25) is 0 Å². The van der Waals surface area contributed by atoms with Crippen LogP contribution in [-0.4, -0.2) is 63.5 Å². The van der Waals surface area contributed by atoms with E-state index in [1.807, 2.05) is 24.3 Å². The molecule has 1 unspecified atom stereocenters. The molecule has 2 aliphatic heterocycles. The zero-order valence-corrected chi connectivity index (χ0v) is 19.1. The van der Waals surface area contributed by atoms with Crippen LogP contribution >= 0.6 is 0 Å². The number of nitrogens with one attached hydrogen (secondary N) is 2. The van der Waals surface area contributed by atoms with Crippen molar-refractivity contribution in [3.05, 3.63) is 47.8 Å². The molecule has 0 saturated carbocycles. The normalized spacial score (nSPS) is 18.3. The molecule has 4 heterocycles. The predicted octanol–water partition coefficient (Wildman–Crippen LogP) is 2.69. The molecule has 10 nitrogen and oxygen atoms in total. The van der Waals surface area contributed by atoms with E-state index < -0.39 is 0 Å². The molecule has 172 valence electrons. The molecule has 5 rings (SSSR count). The topological polar surface area (TPSA) is 100 Å². The SMILES string of the molecule is CC1COCCN1c1nc(-c2ccc(NC(=O)Nc3ccn(C)n3)cc2)nc2c1CN(C)C2. The number of hydrogen-bond acceptors (Lipinski definition) is 7. The lowest BCUT2D eigenvalue weighted by atomic mass is 10.1. The van der Waals surface area contributed by atoms with Gasteiger partial charge in [0.05, 0.1) is 24.9 Å². The molecule has 0 radical (unpaired) electrons. The Bertz CT molecular complexity index is 1160. The molecule has 2 aliphatic rings. The van der Waals surface area contributed by atoms with E-state index in [1.54, 1.807) is 24.0 Å². The number of rotatable bonds is 4. The van der Waals surface area contributed by atoms with Crippen molar-refractivity contribution < 1.29 is 9.53 Å². The minimum atomic E-state index is -0.346. The molecule has 1 aromatic carbocycles. The average molecular weight is 449 g/mol. The highest BCUT2D eigenvalue weighted by molar-refractivity contribution is 5.99. The molecule has 10 heteroatoms. The van der Waals surface area contributed by atoms with Crippen molar-refractivity contribution >= 4 is 23.4 Å². The van der Waals surface area contributed by atoms with Crippen LogP contribution in [0.25, 0.3) is 11.4 Å². The summed E-state index contributed by atoms with van der Waals surface area (Å²) in [6.07, 6.45) is 1.77. The second kappa shape index (κ2) is 8.80. The van der Waals surface area contributed by atoms with Gasteiger partial charge in [-0.05, 0) is 38.2 Å². The summed E-state index contributed by atoms with van der Waals surface area (Å²) in [4.78, 5) is 26.7. The van der Waals surface area contributed by atoms with E-state index in [2.05, 4.69) is 39.5 Å². The van der Waals surface area contributed by atoms with Crippen LogP contribution in [0.4, 0.5) is 22.1 Å². The standard InChI is InChI=1S/C23H28N8O2/c1-15-14-33-11-10-31(15)22-18-12-29(2)13-19(18)25-21(27-22)16-4-6-17(7-5-16)24-23(32)26-20-8-9-30(3)28-20/h4-9,15H,10-14H2,1-3H3,(H2,24,26,28,32). The van der Waals surface area contributed by atoms with Gasteiger partial charge in [0.25, 0.3) is 0 Å². The molecule has 2 amide bonds. The van der Waals surface area contributed by atoms with Gasteiger partial charge in [-0.25, -0.2) is 14.8 Å². The molecule has 1 atom stereocenters. The molecule has 33 heavy (non-hydrogen) atoms. The molecule has 0 spiro atoms. The van der Waals surface area contributed by atoms with Gasteiger partial charge in [-0.2, -0.15) is 5.10 Å². The molecule has 1 fully saturated rings. The fourth-order valence-corrected chi connectivity index (χ4v) is 4.26. The Morgan fingerprint density at radius 2 is 1.91 bits per heavy atom. The minimum Gasteiger partial charge on any atom is -0.377 e. The molecular weight excluding hydrogens is 420 g/mol. The summed E-state index contributed by atoms with van der Waals surface area (Å²) in [5.74, 6) is 2.20. The van der Waals surface area contributed by atoms with Gasteiger partial charge in [0.15, 0.2) is 11.6 Å². The first kappa shape index (κ1) is 21.4. The first-order valence-corrected chi connectivity index (χ1v) is 11.1. The summed E-state index contributed by atoms with van der Waals surface area (Å²) >= 11 is 0. The van der Waals surface area contributed by atoms with Crippen molar-refractivity contribution in [2.24, 2.45) is 7.05 Å². The van der Waals surface area contributed by atoms with E-state index in [1.165, 1.54) is 5.56 Å². The van der Waals surface area contributed by atoms with Crippen molar-refractivity contribution in [1.29, 1.82) is 0 Å². The first-order chi connectivity index (χ1) is 16.0. The molecule has 1 saturated heterocycles. The summed E-state index contributed by atoms with van der Waals surface area (Å²) in [7, 11) is 3.90. The number of benzene rings is 1. The van der Waals surface area contributed by atoms with Crippen LogP contribution in [0.5, 0.6) is 0 Å². The van der Waals surface area contributed by atoms with E-state index >= 15 is 0 Å². The van der Waals surface area contributed by atoms with Crippen LogP contribution in [0.3, 0.4) is 0 Å². The lowest BCUT2D eigenvalue weighted by Gasteiger charge is -2.35. The highest BCUT2D eigenvalue weighted by atomic mass is 16.5. The second-order valence-corrected chi connectivity index (χ2v) is 8.62. The third kappa shape index (κ3) is 4.53. The van der Waals surface area contributed by atoms with Gasteiger partial charge in [-0.1, -0.05) is 0 Å². The number of amides is 2. The Labute approximate surface area is 192 Å². The lowest BCUT2D eigenvalue weighted by molar-refractivity contribution is 0.0984. The van der Waals surface area contributed by atoms with Gasteiger partial charge < -0.3 is 15.0 Å². The summed E-state index contributed by atoms with van der Waals surface area (Å²) < 4.78 is 7.26. The number of fused-ring (bicyclic) bond motifs is 1. The van der Waals surface area contributed by atoms with E-state index in [-0.39, 0.29) is 12.1 Å². The minimum absolute atomic E-state index is 0.265. The number of hydrogen-bond donors (Lipinski definition) is 2. The Morgan fingerprint density at radius 3 is 2.64 bits per heavy atom. The monoisotopic (exact) mass is 448 g/mol. The Kier molecular flexibility index (Phi) is 5.69. The molecule has 0 bridgehead atoms. The van der Waals surface area contributed by atoms with Crippen molar-refractivity contribution in [2.45, 2.75) is 26.1 Å². The maximum atomic E-state index is 12.2. The van der Waals surface area contributed by atoms with Crippen LogP contribution in [0.1, 0.15) is 18.2 Å². The zero-order valence-electron chi connectivity index (χ0n) is 19.1. The number of anilines is 3. The van der Waals surface area contributed by atoms with Crippen molar-refractivity contribution in [2.75, 3.05) is 42.3 Å². The molecular formula is C23H28N8O2. The summed E-state index contributed by atoms with van der Waals surface area (Å²) in [5.41, 5.74) is 3.87. The van der Waals surface area contributed by atoms with Crippen LogP contribution in [0, 0.1) is 0 Å². The number of nitrogens with zero attached hydrogens (tertiary/aromatic N) is 6. The van der Waals surface area contributed by atoms with E-state index in [0.717, 1.165) is 36.7 Å². The molecule has 0 aliphatic carbocycles. The van der Waals surface area contributed by atoms with Crippen LogP contribution in [-0.2, 0) is 24.9 Å². The number of urea groups is 1. The summed E-state index contributed by atoms with van der Waals surface area (Å²) in [6.45, 7) is 6.05. The number of aryl methyl sites for hydroxylation is 1. The Hall–Kier alpha value is -3.50. The molecule has 2 aromatic heterocycles. The van der Waals surface area contributed by atoms with Crippen LogP contribution in [0.15, 0.2) is 36.5 Å². The van der Waals surface area contributed by atoms with Crippen LogP contribution < -0.4 is 15.5 Å². The number of carbonyl (C=O) groups is 1. The fourth-order valence-electron chi connectivity index (χ4n) is 4.26. The number of morpholine rings is 1. The van der Waals surface area contributed by atoms with E-state index in [9.17, 15) is 4.79 Å². The van der Waals surface area contributed by atoms with Gasteiger partial charge in [0, 0.05) is 55.8 Å². The quantitative estimate of drug-likeness (QED) is 0.633. The highest BCUT2D eigenvalue weighted by Crippen LogP contribution is 2.33. The Morgan fingerprint density at radius 1 is 1.09 bits per heavy atom. The maximum Gasteiger partial charge on any atom is 0.324 e. The van der Waals surface area contributed by atoms with Gasteiger partial charge in [-0.15, -0.1) is 0 Å². The second-order valence-electron chi connectivity index (χ2n) is 8.62. The first-order valence-electron chi connectivity index (χ1n) is 11.1.